The molecule has 1 atom stereocenters. The van der Waals surface area contributed by atoms with Gasteiger partial charge < -0.3 is 9.64 Å². The Morgan fingerprint density at radius 2 is 1.77 bits per heavy atom. The molecule has 4 rings (SSSR count). The lowest BCUT2D eigenvalue weighted by molar-refractivity contribution is -0.384. The highest BCUT2D eigenvalue weighted by Gasteiger charge is 2.42. The van der Waals surface area contributed by atoms with Crippen LogP contribution in [0.3, 0.4) is 0 Å². The molecule has 31 heavy (non-hydrogen) atoms. The molecule has 0 saturated carbocycles. The second-order valence-corrected chi connectivity index (χ2v) is 8.44. The fourth-order valence-corrected chi connectivity index (χ4v) is 4.53. The van der Waals surface area contributed by atoms with Crippen molar-refractivity contribution < 1.29 is 19.2 Å². The second-order valence-electron chi connectivity index (χ2n) is 8.44. The van der Waals surface area contributed by atoms with E-state index in [2.05, 4.69) is 11.8 Å². The van der Waals surface area contributed by atoms with Gasteiger partial charge in [0.05, 0.1) is 23.7 Å². The van der Waals surface area contributed by atoms with Crippen molar-refractivity contribution >= 4 is 23.1 Å². The lowest BCUT2D eigenvalue weighted by Crippen LogP contribution is -2.44. The summed E-state index contributed by atoms with van der Waals surface area (Å²) in [5.74, 6) is -0.147. The first-order valence-corrected chi connectivity index (χ1v) is 10.9. The Balaban J connectivity index is 1.62. The number of hydrogen-bond donors (Lipinski definition) is 0. The van der Waals surface area contributed by atoms with Crippen LogP contribution in [-0.2, 0) is 14.3 Å². The first-order chi connectivity index (χ1) is 15.0. The lowest BCUT2D eigenvalue weighted by atomic mass is 9.97. The topological polar surface area (TPSA) is 96.2 Å². The molecule has 0 aromatic heterocycles. The van der Waals surface area contributed by atoms with Gasteiger partial charge in [0.15, 0.2) is 0 Å². The van der Waals surface area contributed by atoms with Crippen LogP contribution >= 0.6 is 0 Å². The van der Waals surface area contributed by atoms with Crippen LogP contribution in [0.2, 0.25) is 0 Å². The van der Waals surface area contributed by atoms with Gasteiger partial charge in [-0.05, 0) is 36.5 Å². The molecule has 9 heteroatoms. The third-order valence-corrected chi connectivity index (χ3v) is 6.23. The summed E-state index contributed by atoms with van der Waals surface area (Å²) < 4.78 is 5.37. The zero-order valence-corrected chi connectivity index (χ0v) is 17.8. The van der Waals surface area contributed by atoms with Gasteiger partial charge in [0.2, 0.25) is 0 Å². The van der Waals surface area contributed by atoms with E-state index < -0.39 is 4.92 Å². The Labute approximate surface area is 181 Å². The predicted octanol–water partition coefficient (Wildman–Crippen LogP) is 1.74. The maximum Gasteiger partial charge on any atom is 0.277 e. The largest absolute Gasteiger partial charge is 0.379 e. The summed E-state index contributed by atoms with van der Waals surface area (Å²) in [7, 11) is 0. The van der Waals surface area contributed by atoms with Crippen LogP contribution in [0.4, 0.5) is 5.69 Å². The van der Waals surface area contributed by atoms with Crippen molar-refractivity contribution in [1.82, 2.24) is 14.7 Å². The molecule has 2 fully saturated rings. The summed E-state index contributed by atoms with van der Waals surface area (Å²) in [6, 6.07) is 5.90. The van der Waals surface area contributed by atoms with E-state index in [4.69, 9.17) is 4.74 Å². The van der Waals surface area contributed by atoms with Crippen molar-refractivity contribution in [3.05, 3.63) is 45.6 Å². The van der Waals surface area contributed by atoms with Gasteiger partial charge in [-0.1, -0.05) is 6.92 Å². The number of amides is 2. The molecule has 0 spiro atoms. The average Bonchev–Trinajstić information content (AvgIpc) is 3.02. The third kappa shape index (κ3) is 4.47. The second kappa shape index (κ2) is 9.15. The Bertz CT molecular complexity index is 892. The quantitative estimate of drug-likeness (QED) is 0.387. The molecular weight excluding hydrogens is 400 g/mol. The maximum atomic E-state index is 13.4. The molecule has 3 aliphatic heterocycles. The van der Waals surface area contributed by atoms with Crippen molar-refractivity contribution in [2.24, 2.45) is 5.92 Å². The van der Waals surface area contributed by atoms with E-state index in [0.29, 0.717) is 49.1 Å². The predicted molar refractivity (Wildman–Crippen MR) is 114 cm³/mol. The normalized spacial score (nSPS) is 23.1. The molecule has 2 amide bonds. The summed E-state index contributed by atoms with van der Waals surface area (Å²) in [5.41, 5.74) is 1.30. The number of carbonyl (C=O) groups is 2. The van der Waals surface area contributed by atoms with Gasteiger partial charge in [-0.3, -0.25) is 29.5 Å². The highest BCUT2D eigenvalue weighted by Crippen LogP contribution is 2.34. The van der Waals surface area contributed by atoms with Gasteiger partial charge in [0, 0.05) is 51.4 Å². The van der Waals surface area contributed by atoms with Crippen LogP contribution in [0.25, 0.3) is 5.57 Å². The van der Waals surface area contributed by atoms with E-state index in [1.165, 1.54) is 17.0 Å². The number of morpholine rings is 1. The monoisotopic (exact) mass is 428 g/mol. The minimum Gasteiger partial charge on any atom is -0.379 e. The third-order valence-electron chi connectivity index (χ3n) is 6.23. The summed E-state index contributed by atoms with van der Waals surface area (Å²) in [4.78, 5) is 42.9. The van der Waals surface area contributed by atoms with Crippen molar-refractivity contribution in [2.75, 3.05) is 52.5 Å². The van der Waals surface area contributed by atoms with Crippen molar-refractivity contribution in [2.45, 2.75) is 19.8 Å². The van der Waals surface area contributed by atoms with E-state index in [9.17, 15) is 19.7 Å². The number of nitrogens with zero attached hydrogens (tertiary/aromatic N) is 4. The van der Waals surface area contributed by atoms with E-state index in [1.807, 2.05) is 4.90 Å². The molecule has 1 unspecified atom stereocenters. The number of benzene rings is 1. The van der Waals surface area contributed by atoms with Crippen LogP contribution in [0.1, 0.15) is 25.3 Å². The highest BCUT2D eigenvalue weighted by molar-refractivity contribution is 6.35. The Morgan fingerprint density at radius 1 is 1.06 bits per heavy atom. The number of likely N-dealkylation sites (tertiary alicyclic amines) is 1. The van der Waals surface area contributed by atoms with Gasteiger partial charge in [0.25, 0.3) is 17.5 Å². The first kappa shape index (κ1) is 21.5. The van der Waals surface area contributed by atoms with Gasteiger partial charge >= 0.3 is 0 Å². The summed E-state index contributed by atoms with van der Waals surface area (Å²) in [6.07, 6.45) is 2.06. The van der Waals surface area contributed by atoms with Crippen molar-refractivity contribution in [3.8, 4) is 0 Å². The van der Waals surface area contributed by atoms with E-state index in [-0.39, 0.29) is 17.5 Å². The number of carbonyl (C=O) groups excluding carboxylic acids is 2. The maximum absolute atomic E-state index is 13.4. The van der Waals surface area contributed by atoms with Gasteiger partial charge in [-0.25, -0.2) is 0 Å². The van der Waals surface area contributed by atoms with Crippen LogP contribution in [-0.4, -0.2) is 83.9 Å². The molecule has 0 radical (unpaired) electrons. The molecule has 166 valence electrons. The van der Waals surface area contributed by atoms with Crippen LogP contribution in [0.5, 0.6) is 0 Å². The summed E-state index contributed by atoms with van der Waals surface area (Å²) in [5, 5.41) is 11.0. The standard InChI is InChI=1S/C22H28N4O5/c1-16-3-2-8-24(15-16)20-19(17-4-6-18(7-5-17)26(29)30)21(27)25(22(20)28)10-9-23-11-13-31-14-12-23/h4-7,16H,2-3,8-15H2,1H3. The molecule has 2 saturated heterocycles. The number of nitro benzene ring substituents is 1. The van der Waals surface area contributed by atoms with E-state index >= 15 is 0 Å². The van der Waals surface area contributed by atoms with Crippen molar-refractivity contribution in [3.63, 3.8) is 0 Å². The minimum absolute atomic E-state index is 0.0431. The van der Waals surface area contributed by atoms with E-state index in [1.54, 1.807) is 12.1 Å². The summed E-state index contributed by atoms with van der Waals surface area (Å²) in [6.45, 7) is 7.42. The fourth-order valence-electron chi connectivity index (χ4n) is 4.53. The lowest BCUT2D eigenvalue weighted by Gasteiger charge is -2.33. The van der Waals surface area contributed by atoms with E-state index in [0.717, 1.165) is 39.0 Å². The Hall–Kier alpha value is -2.78. The zero-order valence-electron chi connectivity index (χ0n) is 17.8. The van der Waals surface area contributed by atoms with Crippen molar-refractivity contribution in [1.29, 1.82) is 0 Å². The van der Waals surface area contributed by atoms with Crippen LogP contribution in [0, 0.1) is 16.0 Å². The highest BCUT2D eigenvalue weighted by atomic mass is 16.6. The van der Waals surface area contributed by atoms with Crippen LogP contribution < -0.4 is 0 Å². The number of piperidine rings is 1. The fraction of sp³-hybridized carbons (Fsp3) is 0.545. The number of rotatable bonds is 6. The van der Waals surface area contributed by atoms with Gasteiger partial charge in [-0.15, -0.1) is 0 Å². The number of non-ortho nitro benzene ring substituents is 1. The Morgan fingerprint density at radius 3 is 2.42 bits per heavy atom. The molecule has 3 heterocycles. The van der Waals surface area contributed by atoms with Crippen LogP contribution in [0.15, 0.2) is 30.0 Å². The average molecular weight is 428 g/mol. The minimum atomic E-state index is -0.471. The molecule has 0 bridgehead atoms. The number of ether oxygens (including phenoxy) is 1. The Kier molecular flexibility index (Phi) is 6.33. The smallest absolute Gasteiger partial charge is 0.277 e. The number of imide groups is 1. The molecule has 9 nitrogen and oxygen atoms in total. The summed E-state index contributed by atoms with van der Waals surface area (Å²) >= 11 is 0. The molecule has 0 aliphatic carbocycles. The molecule has 3 aliphatic rings. The molecular formula is C22H28N4O5. The molecule has 0 N–H and O–H groups in total. The van der Waals surface area contributed by atoms with Gasteiger partial charge in [0.1, 0.15) is 5.70 Å². The first-order valence-electron chi connectivity index (χ1n) is 10.9. The molecule has 1 aromatic carbocycles. The zero-order chi connectivity index (χ0) is 22.0. The molecule has 1 aromatic rings. The number of hydrogen-bond acceptors (Lipinski definition) is 7. The number of nitro groups is 1. The van der Waals surface area contributed by atoms with Gasteiger partial charge in [-0.2, -0.15) is 0 Å². The SMILES string of the molecule is CC1CCCN(C2=C(c3ccc([N+](=O)[O-])cc3)C(=O)N(CCN3CCOCC3)C2=O)C1.